The molecule has 2 aromatic carbocycles. The van der Waals surface area contributed by atoms with Crippen molar-refractivity contribution in [2.45, 2.75) is 44.6 Å². The van der Waals surface area contributed by atoms with Crippen molar-refractivity contribution in [1.82, 2.24) is 9.80 Å². The molecule has 0 N–H and O–H groups in total. The van der Waals surface area contributed by atoms with E-state index in [2.05, 4.69) is 0 Å². The van der Waals surface area contributed by atoms with Crippen molar-refractivity contribution >= 4 is 17.9 Å². The van der Waals surface area contributed by atoms with E-state index < -0.39 is 18.2 Å². The number of piperidine rings is 1. The number of hydrogen-bond acceptors (Lipinski definition) is 5. The Bertz CT molecular complexity index is 894. The van der Waals surface area contributed by atoms with Crippen molar-refractivity contribution in [3.05, 3.63) is 71.8 Å². The van der Waals surface area contributed by atoms with Crippen LogP contribution in [0.3, 0.4) is 0 Å². The van der Waals surface area contributed by atoms with Gasteiger partial charge in [-0.05, 0) is 30.4 Å². The number of nitrogens with zero attached hydrogens (tertiary/aromatic N) is 2. The van der Waals surface area contributed by atoms with Crippen LogP contribution in [0.15, 0.2) is 60.7 Å². The van der Waals surface area contributed by atoms with E-state index in [9.17, 15) is 14.4 Å². The smallest absolute Gasteiger partial charge is 0.411 e. The topological polar surface area (TPSA) is 76.2 Å². The summed E-state index contributed by atoms with van der Waals surface area (Å²) in [5, 5.41) is 0. The van der Waals surface area contributed by atoms with Crippen molar-refractivity contribution in [3.63, 3.8) is 0 Å². The van der Waals surface area contributed by atoms with E-state index >= 15 is 0 Å². The highest BCUT2D eigenvalue weighted by molar-refractivity contribution is 6.05. The molecule has 7 nitrogen and oxygen atoms in total. The van der Waals surface area contributed by atoms with Crippen LogP contribution in [0.1, 0.15) is 30.4 Å². The molecule has 0 spiro atoms. The summed E-state index contributed by atoms with van der Waals surface area (Å²) in [4.78, 5) is 41.4. The molecule has 2 aliphatic heterocycles. The Hall–Kier alpha value is -3.19. The van der Waals surface area contributed by atoms with Gasteiger partial charge in [0, 0.05) is 0 Å². The first-order valence-corrected chi connectivity index (χ1v) is 10.6. The minimum absolute atomic E-state index is 0.106. The molecule has 2 atom stereocenters. The van der Waals surface area contributed by atoms with Gasteiger partial charge in [-0.1, -0.05) is 60.7 Å². The lowest BCUT2D eigenvalue weighted by Gasteiger charge is -2.46. The lowest BCUT2D eigenvalue weighted by atomic mass is 9.90. The number of benzene rings is 2. The molecule has 31 heavy (non-hydrogen) atoms. The van der Waals surface area contributed by atoms with Gasteiger partial charge in [0.25, 0.3) is 11.8 Å². The Labute approximate surface area is 181 Å². The van der Waals surface area contributed by atoms with Crippen LogP contribution in [0, 0.1) is 0 Å². The molecule has 0 saturated carbocycles. The Kier molecular flexibility index (Phi) is 6.62. The minimum atomic E-state index is -0.658. The molecule has 2 aromatic rings. The second-order valence-electron chi connectivity index (χ2n) is 7.78. The average Bonchev–Trinajstić information content (AvgIpc) is 2.82. The third-order valence-electron chi connectivity index (χ3n) is 5.72. The Balaban J connectivity index is 1.35. The van der Waals surface area contributed by atoms with Crippen LogP contribution in [0.25, 0.3) is 0 Å². The summed E-state index contributed by atoms with van der Waals surface area (Å²) in [6, 6.07) is 17.7. The maximum Gasteiger partial charge on any atom is 0.411 e. The number of hydrogen-bond donors (Lipinski definition) is 0. The van der Waals surface area contributed by atoms with Crippen LogP contribution in [-0.4, -0.2) is 52.9 Å². The van der Waals surface area contributed by atoms with E-state index in [1.807, 2.05) is 60.7 Å². The summed E-state index contributed by atoms with van der Waals surface area (Å²) < 4.78 is 11.1. The van der Waals surface area contributed by atoms with Gasteiger partial charge in [-0.15, -0.1) is 0 Å². The highest BCUT2D eigenvalue weighted by Crippen LogP contribution is 2.31. The maximum absolute atomic E-state index is 13.0. The minimum Gasteiger partial charge on any atom is -0.445 e. The van der Waals surface area contributed by atoms with Crippen molar-refractivity contribution in [2.24, 2.45) is 0 Å². The number of carbonyl (C=O) groups excluding carboxylic acids is 3. The van der Waals surface area contributed by atoms with E-state index in [0.29, 0.717) is 19.4 Å². The van der Waals surface area contributed by atoms with E-state index in [-0.39, 0.29) is 31.6 Å². The van der Waals surface area contributed by atoms with E-state index in [4.69, 9.17) is 9.47 Å². The predicted molar refractivity (Wildman–Crippen MR) is 113 cm³/mol. The van der Waals surface area contributed by atoms with Crippen LogP contribution < -0.4 is 0 Å². The zero-order valence-electron chi connectivity index (χ0n) is 17.3. The van der Waals surface area contributed by atoms with Crippen molar-refractivity contribution in [1.29, 1.82) is 0 Å². The zero-order chi connectivity index (χ0) is 21.6. The summed E-state index contributed by atoms with van der Waals surface area (Å²) in [7, 11) is 0. The van der Waals surface area contributed by atoms with Gasteiger partial charge in [0.15, 0.2) is 0 Å². The first kappa shape index (κ1) is 21.1. The molecular formula is C24H26N2O5. The second-order valence-corrected chi connectivity index (χ2v) is 7.78. The summed E-state index contributed by atoms with van der Waals surface area (Å²) in [5.41, 5.74) is 1.89. The van der Waals surface area contributed by atoms with E-state index in [1.54, 1.807) is 0 Å². The summed E-state index contributed by atoms with van der Waals surface area (Å²) in [5.74, 6) is -0.693. The molecule has 2 bridgehead atoms. The lowest BCUT2D eigenvalue weighted by Crippen LogP contribution is -2.68. The molecule has 0 aromatic heterocycles. The number of rotatable bonds is 7. The zero-order valence-corrected chi connectivity index (χ0v) is 17.3. The van der Waals surface area contributed by atoms with Crippen LogP contribution in [0.5, 0.6) is 0 Å². The van der Waals surface area contributed by atoms with E-state index in [1.165, 1.54) is 9.80 Å². The molecule has 2 fully saturated rings. The molecule has 3 amide bonds. The van der Waals surface area contributed by atoms with Crippen LogP contribution in [-0.2, 0) is 32.3 Å². The monoisotopic (exact) mass is 422 g/mol. The first-order chi connectivity index (χ1) is 15.1. The fourth-order valence-electron chi connectivity index (χ4n) is 4.14. The molecule has 2 heterocycles. The fraction of sp³-hybridized carbons (Fsp3) is 0.375. The molecule has 162 valence electrons. The molecule has 0 aliphatic carbocycles. The van der Waals surface area contributed by atoms with Crippen LogP contribution in [0.2, 0.25) is 0 Å². The van der Waals surface area contributed by atoms with Gasteiger partial charge >= 0.3 is 6.09 Å². The largest absolute Gasteiger partial charge is 0.445 e. The molecule has 4 rings (SSSR count). The van der Waals surface area contributed by atoms with Gasteiger partial charge in [-0.2, -0.15) is 0 Å². The predicted octanol–water partition coefficient (Wildman–Crippen LogP) is 3.13. The van der Waals surface area contributed by atoms with Crippen molar-refractivity contribution in [2.75, 3.05) is 13.2 Å². The number of ether oxygens (including phenoxy) is 2. The average molecular weight is 422 g/mol. The lowest BCUT2D eigenvalue weighted by molar-refractivity contribution is -0.163. The summed E-state index contributed by atoms with van der Waals surface area (Å²) in [6.07, 6.45) is 1.18. The second kappa shape index (κ2) is 9.75. The van der Waals surface area contributed by atoms with Crippen LogP contribution in [0.4, 0.5) is 4.79 Å². The summed E-state index contributed by atoms with van der Waals surface area (Å²) in [6.45, 7) is 0.964. The SMILES string of the molecule is O=C1C2CCCC(C(=O)N1CCOCc1ccccc1)N2C(=O)OCc1ccccc1. The number of likely N-dealkylation sites (tertiary alicyclic amines) is 1. The number of carbonyl (C=O) groups is 3. The molecule has 0 radical (unpaired) electrons. The number of piperazine rings is 1. The number of imide groups is 1. The summed E-state index contributed by atoms with van der Waals surface area (Å²) >= 11 is 0. The van der Waals surface area contributed by atoms with Gasteiger partial charge < -0.3 is 9.47 Å². The van der Waals surface area contributed by atoms with Crippen molar-refractivity contribution in [3.8, 4) is 0 Å². The van der Waals surface area contributed by atoms with E-state index in [0.717, 1.165) is 17.5 Å². The van der Waals surface area contributed by atoms with Gasteiger partial charge in [0.2, 0.25) is 0 Å². The van der Waals surface area contributed by atoms with Gasteiger partial charge in [0.1, 0.15) is 18.7 Å². The Morgan fingerprint density at radius 3 is 1.97 bits per heavy atom. The van der Waals surface area contributed by atoms with Crippen LogP contribution >= 0.6 is 0 Å². The van der Waals surface area contributed by atoms with Gasteiger partial charge in [-0.3, -0.25) is 19.4 Å². The van der Waals surface area contributed by atoms with Gasteiger partial charge in [-0.25, -0.2) is 4.79 Å². The molecule has 7 heteroatoms. The maximum atomic E-state index is 13.0. The third-order valence-corrected chi connectivity index (χ3v) is 5.72. The first-order valence-electron chi connectivity index (χ1n) is 10.6. The third kappa shape index (κ3) is 4.77. The van der Waals surface area contributed by atoms with Gasteiger partial charge in [0.05, 0.1) is 19.8 Å². The number of fused-ring (bicyclic) bond motifs is 2. The number of amides is 3. The highest BCUT2D eigenvalue weighted by Gasteiger charge is 2.51. The molecule has 2 unspecified atom stereocenters. The molecular weight excluding hydrogens is 396 g/mol. The van der Waals surface area contributed by atoms with Crippen molar-refractivity contribution < 1.29 is 23.9 Å². The molecule has 2 saturated heterocycles. The Morgan fingerprint density at radius 1 is 0.839 bits per heavy atom. The molecule has 2 aliphatic rings. The fourth-order valence-corrected chi connectivity index (χ4v) is 4.14. The standard InChI is InChI=1S/C24H26N2O5/c27-22-20-12-7-13-21(26(20)24(29)31-17-19-10-5-2-6-11-19)23(28)25(22)14-15-30-16-18-8-3-1-4-9-18/h1-6,8-11,20-21H,7,12-17H2. The quantitative estimate of drug-likeness (QED) is 0.506. The Morgan fingerprint density at radius 2 is 1.39 bits per heavy atom. The normalized spacial score (nSPS) is 20.6. The highest BCUT2D eigenvalue weighted by atomic mass is 16.6.